The number of hydrogen-bond donors (Lipinski definition) is 1. The number of hydrogen-bond acceptors (Lipinski definition) is 6. The summed E-state index contributed by atoms with van der Waals surface area (Å²) in [6.07, 6.45) is -41.3. The van der Waals surface area contributed by atoms with Gasteiger partial charge in [0.2, 0.25) is 6.10 Å². The van der Waals surface area contributed by atoms with Gasteiger partial charge in [-0.3, -0.25) is 0 Å². The quantitative estimate of drug-likeness (QED) is 0.229. The first-order chi connectivity index (χ1) is 20.5. The fourth-order valence-electron chi connectivity index (χ4n) is 3.44. The van der Waals surface area contributed by atoms with Crippen LogP contribution in [-0.4, -0.2) is 59.1 Å². The summed E-state index contributed by atoms with van der Waals surface area (Å²) in [6.45, 7) is 0.679. The topological polar surface area (TPSA) is 82.1 Å². The van der Waals surface area contributed by atoms with Crippen molar-refractivity contribution in [2.24, 2.45) is 0 Å². The zero-order chi connectivity index (χ0) is 35.9. The Labute approximate surface area is 244 Å². The first kappa shape index (κ1) is 38.2. The highest BCUT2D eigenvalue weighted by atomic mass is 19.4. The van der Waals surface area contributed by atoms with E-state index in [0.29, 0.717) is 31.2 Å². The van der Waals surface area contributed by atoms with Crippen LogP contribution in [0, 0.1) is 5.82 Å². The first-order valence-corrected chi connectivity index (χ1v) is 11.5. The number of carbonyl (C=O) groups excluding carboxylic acids is 2. The molecule has 0 fully saturated rings. The Hall–Kier alpha value is -3.98. The van der Waals surface area contributed by atoms with Crippen LogP contribution < -0.4 is 4.74 Å². The minimum atomic E-state index is -7.12. The predicted octanol–water partition coefficient (Wildman–Crippen LogP) is 7.37. The molecule has 2 rings (SSSR count). The van der Waals surface area contributed by atoms with Gasteiger partial charge < -0.3 is 19.3 Å². The molecule has 0 radical (unpaired) electrons. The molecule has 46 heavy (non-hydrogen) atoms. The van der Waals surface area contributed by atoms with E-state index < -0.39 is 88.9 Å². The van der Waals surface area contributed by atoms with Gasteiger partial charge in [0.1, 0.15) is 17.7 Å². The Balaban J connectivity index is 2.75. The fourth-order valence-corrected chi connectivity index (χ4v) is 3.44. The number of benzene rings is 2. The van der Waals surface area contributed by atoms with Crippen molar-refractivity contribution in [1.29, 1.82) is 0 Å². The lowest BCUT2D eigenvalue weighted by atomic mass is 10.00. The molecule has 6 nitrogen and oxygen atoms in total. The largest absolute Gasteiger partial charge is 0.459 e. The van der Waals surface area contributed by atoms with Crippen molar-refractivity contribution >= 4 is 11.9 Å². The van der Waals surface area contributed by atoms with E-state index in [9.17, 15) is 79.8 Å². The van der Waals surface area contributed by atoms with Crippen LogP contribution in [-0.2, 0) is 19.1 Å². The summed E-state index contributed by atoms with van der Waals surface area (Å²) in [7, 11) is 0. The number of ether oxygens (including phenoxy) is 3. The maximum absolute atomic E-state index is 14.1. The maximum Gasteiger partial charge on any atom is 0.449 e. The molecule has 258 valence electrons. The number of para-hydroxylation sites is 1. The summed E-state index contributed by atoms with van der Waals surface area (Å²) in [5.41, 5.74) is -15.7. The van der Waals surface area contributed by atoms with Crippen LogP contribution in [0.2, 0.25) is 0 Å². The van der Waals surface area contributed by atoms with E-state index in [1.54, 1.807) is 0 Å². The van der Waals surface area contributed by atoms with Crippen molar-refractivity contribution in [2.45, 2.75) is 61.2 Å². The number of halogens is 16. The van der Waals surface area contributed by atoms with Gasteiger partial charge in [0.15, 0.2) is 0 Å². The highest BCUT2D eigenvalue weighted by molar-refractivity contribution is 5.83. The lowest BCUT2D eigenvalue weighted by molar-refractivity contribution is -0.361. The number of carbonyl (C=O) groups is 2. The molecule has 2 unspecified atom stereocenters. The van der Waals surface area contributed by atoms with Crippen LogP contribution in [0.5, 0.6) is 5.75 Å². The minimum absolute atomic E-state index is 0.176. The Morgan fingerprint density at radius 1 is 0.652 bits per heavy atom. The summed E-state index contributed by atoms with van der Waals surface area (Å²) >= 11 is 0. The van der Waals surface area contributed by atoms with Crippen LogP contribution in [0.4, 0.5) is 70.2 Å². The van der Waals surface area contributed by atoms with Crippen molar-refractivity contribution in [3.63, 3.8) is 0 Å². The Morgan fingerprint density at radius 3 is 1.52 bits per heavy atom. The lowest BCUT2D eigenvalue weighted by Gasteiger charge is -2.37. The van der Waals surface area contributed by atoms with Gasteiger partial charge in [-0.2, -0.15) is 65.9 Å². The third-order valence-corrected chi connectivity index (χ3v) is 5.81. The SMILES string of the molecule is CC(OC(=O)C(Oc1ccccc1C(OC(=O)C(O)(C(F)(F)F)C(F)(F)F)C(F)(F)F)(C(F)(F)F)C(F)(F)F)c1ccc(F)cc1. The average Bonchev–Trinajstić information content (AvgIpc) is 2.86. The third kappa shape index (κ3) is 7.20. The summed E-state index contributed by atoms with van der Waals surface area (Å²) in [5.74, 6) is -10.9. The predicted molar refractivity (Wildman–Crippen MR) is 115 cm³/mol. The van der Waals surface area contributed by atoms with Crippen LogP contribution in [0.15, 0.2) is 48.5 Å². The van der Waals surface area contributed by atoms with E-state index >= 15 is 0 Å². The number of alkyl halides is 15. The van der Waals surface area contributed by atoms with Crippen LogP contribution in [0.25, 0.3) is 0 Å². The second-order valence-corrected chi connectivity index (χ2v) is 8.95. The summed E-state index contributed by atoms with van der Waals surface area (Å²) in [6, 6.07) is 3.09. The molecule has 0 saturated heterocycles. The third-order valence-electron chi connectivity index (χ3n) is 5.81. The number of aliphatic hydroxyl groups is 1. The molecule has 0 saturated carbocycles. The minimum Gasteiger partial charge on any atom is -0.459 e. The van der Waals surface area contributed by atoms with E-state index in [-0.39, 0.29) is 12.1 Å². The van der Waals surface area contributed by atoms with E-state index in [1.165, 1.54) is 0 Å². The van der Waals surface area contributed by atoms with E-state index in [0.717, 1.165) is 12.1 Å². The van der Waals surface area contributed by atoms with E-state index in [1.807, 2.05) is 0 Å². The molecule has 2 aromatic carbocycles. The van der Waals surface area contributed by atoms with Gasteiger partial charge >= 0.3 is 54.0 Å². The van der Waals surface area contributed by atoms with Gasteiger partial charge in [0.25, 0.3) is 0 Å². The molecule has 0 aliphatic carbocycles. The molecular weight excluding hydrogens is 688 g/mol. The molecule has 0 aliphatic heterocycles. The maximum atomic E-state index is 14.1. The molecule has 0 aromatic heterocycles. The van der Waals surface area contributed by atoms with Gasteiger partial charge in [-0.15, -0.1) is 0 Å². The molecule has 0 bridgehead atoms. The normalized spacial score (nSPS) is 15.2. The van der Waals surface area contributed by atoms with Crippen LogP contribution in [0.1, 0.15) is 30.3 Å². The zero-order valence-corrected chi connectivity index (χ0v) is 21.8. The second-order valence-electron chi connectivity index (χ2n) is 8.95. The standard InChI is InChI=1S/C24H14F16O6/c1-10(11-6-8-12(25)9-7-11)44-17(42)19(23(35,36)37,24(38,39)40)46-14-5-3-2-4-13(14)15(20(26,27)28)45-16(41)18(43,21(29,30)31)22(32,33)34/h2-10,15,43H,1H3. The van der Waals surface area contributed by atoms with Gasteiger partial charge in [-0.25, -0.2) is 14.0 Å². The lowest BCUT2D eigenvalue weighted by Crippen LogP contribution is -2.67. The molecule has 2 atom stereocenters. The Morgan fingerprint density at radius 2 is 1.11 bits per heavy atom. The number of rotatable bonds is 8. The Kier molecular flexibility index (Phi) is 10.2. The van der Waals surface area contributed by atoms with Crippen molar-refractivity contribution in [3.8, 4) is 5.75 Å². The summed E-state index contributed by atoms with van der Waals surface area (Å²) in [5, 5.41) is 9.05. The van der Waals surface area contributed by atoms with E-state index in [4.69, 9.17) is 5.11 Å². The average molecular weight is 702 g/mol. The molecular formula is C24H14F16O6. The monoisotopic (exact) mass is 702 g/mol. The van der Waals surface area contributed by atoms with Crippen LogP contribution in [0.3, 0.4) is 0 Å². The highest BCUT2D eigenvalue weighted by Gasteiger charge is 2.81. The van der Waals surface area contributed by atoms with Crippen molar-refractivity contribution in [2.75, 3.05) is 0 Å². The summed E-state index contributed by atoms with van der Waals surface area (Å²) in [4.78, 5) is 24.3. The molecule has 0 aliphatic rings. The smallest absolute Gasteiger partial charge is 0.449 e. The second kappa shape index (κ2) is 12.3. The van der Waals surface area contributed by atoms with Crippen molar-refractivity contribution in [3.05, 3.63) is 65.5 Å². The van der Waals surface area contributed by atoms with Crippen LogP contribution >= 0.6 is 0 Å². The fraction of sp³-hybridized carbons (Fsp3) is 0.417. The zero-order valence-electron chi connectivity index (χ0n) is 21.8. The molecule has 2 aromatic rings. The first-order valence-electron chi connectivity index (χ1n) is 11.5. The van der Waals surface area contributed by atoms with E-state index in [2.05, 4.69) is 14.2 Å². The number of esters is 2. The van der Waals surface area contributed by atoms with Gasteiger partial charge in [-0.05, 0) is 30.7 Å². The molecule has 0 amide bonds. The Bertz CT molecular complexity index is 1360. The van der Waals surface area contributed by atoms with Gasteiger partial charge in [-0.1, -0.05) is 30.3 Å². The summed E-state index contributed by atoms with van der Waals surface area (Å²) < 4.78 is 229. The molecule has 0 spiro atoms. The van der Waals surface area contributed by atoms with Crippen molar-refractivity contribution in [1.82, 2.24) is 0 Å². The van der Waals surface area contributed by atoms with Crippen molar-refractivity contribution < 1.29 is 99.2 Å². The van der Waals surface area contributed by atoms with Gasteiger partial charge in [0.05, 0.1) is 0 Å². The highest BCUT2D eigenvalue weighted by Crippen LogP contribution is 2.51. The molecule has 22 heteroatoms. The molecule has 0 heterocycles. The molecule has 1 N–H and O–H groups in total. The van der Waals surface area contributed by atoms with Gasteiger partial charge in [0, 0.05) is 5.56 Å².